The van der Waals surface area contributed by atoms with Crippen molar-refractivity contribution in [3.63, 3.8) is 0 Å². The second kappa shape index (κ2) is 9.20. The molecule has 1 unspecified atom stereocenters. The van der Waals surface area contributed by atoms with E-state index in [2.05, 4.69) is 5.32 Å². The molecule has 0 saturated heterocycles. The Bertz CT molecular complexity index is 451. The molecular formula is C15H24N2O4. The minimum atomic E-state index is -0.396. The second-order valence-electron chi connectivity index (χ2n) is 4.69. The number of rotatable bonds is 10. The van der Waals surface area contributed by atoms with Crippen molar-refractivity contribution in [2.45, 2.75) is 32.4 Å². The first-order valence-electron chi connectivity index (χ1n) is 7.05. The third kappa shape index (κ3) is 5.61. The van der Waals surface area contributed by atoms with Gasteiger partial charge in [0.2, 0.25) is 5.91 Å². The van der Waals surface area contributed by atoms with E-state index in [1.54, 1.807) is 25.3 Å². The lowest BCUT2D eigenvalue weighted by Gasteiger charge is -2.16. The lowest BCUT2D eigenvalue weighted by molar-refractivity contribution is -0.120. The molecule has 6 heteroatoms. The van der Waals surface area contributed by atoms with Crippen LogP contribution in [0.5, 0.6) is 11.5 Å². The number of carbonyl (C=O) groups excluding carboxylic acids is 1. The van der Waals surface area contributed by atoms with E-state index in [-0.39, 0.29) is 12.5 Å². The molecule has 0 aliphatic rings. The van der Waals surface area contributed by atoms with Gasteiger partial charge in [-0.25, -0.2) is 0 Å². The van der Waals surface area contributed by atoms with Crippen molar-refractivity contribution in [2.75, 3.05) is 20.3 Å². The molecule has 21 heavy (non-hydrogen) atoms. The number of carbonyl (C=O) groups is 1. The number of ether oxygens (including phenoxy) is 2. The first-order chi connectivity index (χ1) is 10.1. The fourth-order valence-corrected chi connectivity index (χ4v) is 1.88. The van der Waals surface area contributed by atoms with Gasteiger partial charge in [0.25, 0.3) is 0 Å². The summed E-state index contributed by atoms with van der Waals surface area (Å²) >= 11 is 0. The first kappa shape index (κ1) is 17.3. The monoisotopic (exact) mass is 296 g/mol. The summed E-state index contributed by atoms with van der Waals surface area (Å²) in [5.74, 6) is 0.752. The summed E-state index contributed by atoms with van der Waals surface area (Å²) in [6.07, 6.45) is 1.42. The van der Waals surface area contributed by atoms with Gasteiger partial charge in [-0.3, -0.25) is 4.79 Å². The van der Waals surface area contributed by atoms with Crippen LogP contribution in [-0.2, 0) is 11.4 Å². The maximum atomic E-state index is 11.3. The van der Waals surface area contributed by atoms with Crippen molar-refractivity contribution in [1.29, 1.82) is 0 Å². The Balaban J connectivity index is 2.56. The van der Waals surface area contributed by atoms with E-state index in [1.165, 1.54) is 0 Å². The summed E-state index contributed by atoms with van der Waals surface area (Å²) in [5.41, 5.74) is 6.09. The summed E-state index contributed by atoms with van der Waals surface area (Å²) in [7, 11) is 1.54. The Morgan fingerprint density at radius 1 is 1.43 bits per heavy atom. The fourth-order valence-electron chi connectivity index (χ4n) is 1.88. The van der Waals surface area contributed by atoms with Crippen LogP contribution in [0.1, 0.15) is 25.3 Å². The van der Waals surface area contributed by atoms with Crippen LogP contribution in [-0.4, -0.2) is 37.3 Å². The standard InChI is InChI=1S/C15H24N2O4/c1-3-7-17-12(15(16)19)6-8-21-13-5-4-11(10-18)9-14(13)20-2/h4-5,9,12,17-18H,3,6-8,10H2,1-2H3,(H2,16,19). The van der Waals surface area contributed by atoms with Crippen LogP contribution in [0.4, 0.5) is 0 Å². The summed E-state index contributed by atoms with van der Waals surface area (Å²) in [5, 5.41) is 12.2. The number of methoxy groups -OCH3 is 1. The van der Waals surface area contributed by atoms with Crippen LogP contribution < -0.4 is 20.5 Å². The molecule has 6 nitrogen and oxygen atoms in total. The van der Waals surface area contributed by atoms with Gasteiger partial charge in [0.15, 0.2) is 11.5 Å². The van der Waals surface area contributed by atoms with Crippen molar-refractivity contribution in [3.05, 3.63) is 23.8 Å². The Kier molecular flexibility index (Phi) is 7.56. The highest BCUT2D eigenvalue weighted by Gasteiger charge is 2.14. The van der Waals surface area contributed by atoms with E-state index in [1.807, 2.05) is 6.92 Å². The van der Waals surface area contributed by atoms with E-state index in [4.69, 9.17) is 20.3 Å². The number of amides is 1. The minimum Gasteiger partial charge on any atom is -0.493 e. The Morgan fingerprint density at radius 3 is 2.76 bits per heavy atom. The topological polar surface area (TPSA) is 93.8 Å². The molecule has 0 bridgehead atoms. The van der Waals surface area contributed by atoms with Gasteiger partial charge in [0.05, 0.1) is 26.4 Å². The quantitative estimate of drug-likeness (QED) is 0.594. The number of aliphatic hydroxyl groups excluding tert-OH is 1. The molecule has 0 fully saturated rings. The van der Waals surface area contributed by atoms with Crippen LogP contribution >= 0.6 is 0 Å². The summed E-state index contributed by atoms with van der Waals surface area (Å²) in [6.45, 7) is 3.05. The molecule has 0 aliphatic carbocycles. The highest BCUT2D eigenvalue weighted by atomic mass is 16.5. The molecule has 0 aromatic heterocycles. The fraction of sp³-hybridized carbons (Fsp3) is 0.533. The summed E-state index contributed by atoms with van der Waals surface area (Å²) in [6, 6.07) is 4.82. The Hall–Kier alpha value is -1.79. The zero-order valence-corrected chi connectivity index (χ0v) is 12.6. The Morgan fingerprint density at radius 2 is 2.19 bits per heavy atom. The van der Waals surface area contributed by atoms with E-state index in [0.717, 1.165) is 18.5 Å². The van der Waals surface area contributed by atoms with E-state index in [9.17, 15) is 4.79 Å². The van der Waals surface area contributed by atoms with Crippen molar-refractivity contribution in [3.8, 4) is 11.5 Å². The molecule has 1 aromatic carbocycles. The van der Waals surface area contributed by atoms with Gasteiger partial charge < -0.3 is 25.6 Å². The van der Waals surface area contributed by atoms with Crippen molar-refractivity contribution < 1.29 is 19.4 Å². The lowest BCUT2D eigenvalue weighted by Crippen LogP contribution is -2.42. The average Bonchev–Trinajstić information content (AvgIpc) is 2.50. The molecule has 1 rings (SSSR count). The van der Waals surface area contributed by atoms with Gasteiger partial charge in [-0.2, -0.15) is 0 Å². The molecule has 0 spiro atoms. The number of benzene rings is 1. The number of hydrogen-bond donors (Lipinski definition) is 3. The SMILES string of the molecule is CCCNC(CCOc1ccc(CO)cc1OC)C(N)=O. The predicted molar refractivity (Wildman–Crippen MR) is 80.3 cm³/mol. The van der Waals surface area contributed by atoms with E-state index >= 15 is 0 Å². The van der Waals surface area contributed by atoms with Crippen LogP contribution in [0.15, 0.2) is 18.2 Å². The maximum Gasteiger partial charge on any atom is 0.234 e. The van der Waals surface area contributed by atoms with Gasteiger partial charge in [-0.05, 0) is 30.7 Å². The second-order valence-corrected chi connectivity index (χ2v) is 4.69. The normalized spacial score (nSPS) is 12.0. The van der Waals surface area contributed by atoms with E-state index in [0.29, 0.717) is 24.5 Å². The number of aliphatic hydroxyl groups is 1. The maximum absolute atomic E-state index is 11.3. The third-order valence-electron chi connectivity index (χ3n) is 3.06. The van der Waals surface area contributed by atoms with Gasteiger partial charge in [0, 0.05) is 6.42 Å². The molecule has 0 aliphatic heterocycles. The molecular weight excluding hydrogens is 272 g/mol. The summed E-state index contributed by atoms with van der Waals surface area (Å²) < 4.78 is 10.8. The lowest BCUT2D eigenvalue weighted by atomic mass is 10.2. The molecule has 118 valence electrons. The number of nitrogens with one attached hydrogen (secondary N) is 1. The van der Waals surface area contributed by atoms with Gasteiger partial charge in [-0.15, -0.1) is 0 Å². The highest BCUT2D eigenvalue weighted by Crippen LogP contribution is 2.28. The number of hydrogen-bond acceptors (Lipinski definition) is 5. The molecule has 0 saturated carbocycles. The van der Waals surface area contributed by atoms with Crippen molar-refractivity contribution >= 4 is 5.91 Å². The molecule has 0 radical (unpaired) electrons. The predicted octanol–water partition coefficient (Wildman–Crippen LogP) is 0.810. The summed E-state index contributed by atoms with van der Waals surface area (Å²) in [4.78, 5) is 11.3. The number of nitrogens with two attached hydrogens (primary N) is 1. The zero-order chi connectivity index (χ0) is 15.7. The smallest absolute Gasteiger partial charge is 0.234 e. The molecule has 1 amide bonds. The minimum absolute atomic E-state index is 0.0542. The largest absolute Gasteiger partial charge is 0.493 e. The molecule has 4 N–H and O–H groups in total. The van der Waals surface area contributed by atoms with Crippen LogP contribution in [0.25, 0.3) is 0 Å². The van der Waals surface area contributed by atoms with E-state index < -0.39 is 6.04 Å². The number of primary amides is 1. The van der Waals surface area contributed by atoms with Gasteiger partial charge in [0.1, 0.15) is 0 Å². The van der Waals surface area contributed by atoms with Gasteiger partial charge in [-0.1, -0.05) is 13.0 Å². The third-order valence-corrected chi connectivity index (χ3v) is 3.06. The molecule has 1 atom stereocenters. The van der Waals surface area contributed by atoms with Gasteiger partial charge >= 0.3 is 0 Å². The molecule has 1 aromatic rings. The first-order valence-corrected chi connectivity index (χ1v) is 7.05. The van der Waals surface area contributed by atoms with Crippen LogP contribution in [0.3, 0.4) is 0 Å². The van der Waals surface area contributed by atoms with Crippen LogP contribution in [0.2, 0.25) is 0 Å². The zero-order valence-electron chi connectivity index (χ0n) is 12.6. The van der Waals surface area contributed by atoms with Crippen molar-refractivity contribution in [2.24, 2.45) is 5.73 Å². The van der Waals surface area contributed by atoms with Crippen LogP contribution in [0, 0.1) is 0 Å². The Labute approximate surface area is 125 Å². The average molecular weight is 296 g/mol. The molecule has 0 heterocycles. The highest BCUT2D eigenvalue weighted by molar-refractivity contribution is 5.79. The van der Waals surface area contributed by atoms with Crippen molar-refractivity contribution in [1.82, 2.24) is 5.32 Å².